The minimum absolute atomic E-state index is 0.118. The Kier molecular flexibility index (Phi) is 7.40. The highest BCUT2D eigenvalue weighted by Gasteiger charge is 2.67. The molecule has 34 heavy (non-hydrogen) atoms. The summed E-state index contributed by atoms with van der Waals surface area (Å²) in [5.74, 6) is -2.68. The Morgan fingerprint density at radius 2 is 1.53 bits per heavy atom. The molecule has 176 valence electrons. The predicted octanol–water partition coefficient (Wildman–Crippen LogP) is 8.33. The summed E-state index contributed by atoms with van der Waals surface area (Å²) in [5, 5.41) is 6.17. The maximum absolute atomic E-state index is 13.1. The fourth-order valence-electron chi connectivity index (χ4n) is 3.55. The number of carbonyl (C=O) groups is 2. The third-order valence-corrected chi connectivity index (χ3v) is 8.21. The largest absolute Gasteiger partial charge is 0.326 e. The van der Waals surface area contributed by atoms with Crippen molar-refractivity contribution in [1.82, 2.24) is 0 Å². The van der Waals surface area contributed by atoms with E-state index in [4.69, 9.17) is 58.0 Å². The highest BCUT2D eigenvalue weighted by molar-refractivity contribution is 9.10. The molecular formula is C23H13BrCl5FN2O2. The van der Waals surface area contributed by atoms with E-state index >= 15 is 0 Å². The zero-order valence-corrected chi connectivity index (χ0v) is 22.2. The molecule has 0 saturated heterocycles. The number of anilines is 2. The van der Waals surface area contributed by atoms with Gasteiger partial charge < -0.3 is 10.6 Å². The van der Waals surface area contributed by atoms with Crippen molar-refractivity contribution in [2.24, 2.45) is 5.92 Å². The second kappa shape index (κ2) is 9.84. The van der Waals surface area contributed by atoms with E-state index in [1.54, 1.807) is 18.2 Å². The molecule has 0 aliphatic heterocycles. The number of nitrogens with one attached hydrogen (secondary N) is 2. The highest BCUT2D eigenvalue weighted by Crippen LogP contribution is 2.65. The lowest BCUT2D eigenvalue weighted by Crippen LogP contribution is -2.18. The second-order valence-corrected chi connectivity index (χ2v) is 11.1. The molecule has 2 amide bonds. The van der Waals surface area contributed by atoms with E-state index in [0.717, 1.165) is 0 Å². The lowest BCUT2D eigenvalue weighted by molar-refractivity contribution is -0.117. The van der Waals surface area contributed by atoms with Gasteiger partial charge in [-0.1, -0.05) is 34.8 Å². The van der Waals surface area contributed by atoms with Crippen LogP contribution < -0.4 is 10.6 Å². The van der Waals surface area contributed by atoms with E-state index in [9.17, 15) is 14.0 Å². The number of rotatable bonds is 5. The molecule has 2 N–H and O–H groups in total. The first-order valence-corrected chi connectivity index (χ1v) is 12.4. The molecule has 1 saturated carbocycles. The molecule has 0 heterocycles. The van der Waals surface area contributed by atoms with Crippen LogP contribution >= 0.6 is 73.9 Å². The van der Waals surface area contributed by atoms with Crippen LogP contribution in [0.15, 0.2) is 59.1 Å². The van der Waals surface area contributed by atoms with Crippen molar-refractivity contribution in [3.63, 3.8) is 0 Å². The van der Waals surface area contributed by atoms with E-state index in [-0.39, 0.29) is 10.6 Å². The number of amides is 2. The number of alkyl halides is 2. The Hall–Kier alpha value is -1.54. The van der Waals surface area contributed by atoms with Gasteiger partial charge in [0.2, 0.25) is 5.91 Å². The molecule has 11 heteroatoms. The molecule has 4 rings (SSSR count). The number of benzene rings is 3. The van der Waals surface area contributed by atoms with Gasteiger partial charge in [-0.2, -0.15) is 0 Å². The number of halogens is 7. The molecular weight excluding hydrogens is 612 g/mol. The molecule has 0 spiro atoms. The van der Waals surface area contributed by atoms with Crippen molar-refractivity contribution in [3.05, 3.63) is 91.1 Å². The summed E-state index contributed by atoms with van der Waals surface area (Å²) >= 11 is 34.6. The molecule has 1 aliphatic carbocycles. The van der Waals surface area contributed by atoms with Crippen LogP contribution in [-0.4, -0.2) is 16.1 Å². The summed E-state index contributed by atoms with van der Waals surface area (Å²) in [6.07, 6.45) is 0. The normalized spacial score (nSPS) is 18.3. The van der Waals surface area contributed by atoms with Crippen molar-refractivity contribution in [2.45, 2.75) is 10.3 Å². The third kappa shape index (κ3) is 5.18. The second-order valence-electron chi connectivity index (χ2n) is 7.57. The number of carbonyl (C=O) groups excluding carboxylic acids is 2. The van der Waals surface area contributed by atoms with Gasteiger partial charge in [-0.15, -0.1) is 23.2 Å². The van der Waals surface area contributed by atoms with Crippen LogP contribution in [0.3, 0.4) is 0 Å². The zero-order chi connectivity index (χ0) is 24.8. The lowest BCUT2D eigenvalue weighted by Gasteiger charge is -2.10. The van der Waals surface area contributed by atoms with Crippen molar-refractivity contribution < 1.29 is 14.0 Å². The number of hydrogen-bond donors (Lipinski definition) is 2. The summed E-state index contributed by atoms with van der Waals surface area (Å²) in [6, 6.07) is 13.1. The molecule has 0 unspecified atom stereocenters. The van der Waals surface area contributed by atoms with Gasteiger partial charge in [0.25, 0.3) is 5.91 Å². The summed E-state index contributed by atoms with van der Waals surface area (Å²) in [5.41, 5.74) is 1.48. The van der Waals surface area contributed by atoms with Crippen molar-refractivity contribution in [2.75, 3.05) is 10.6 Å². The molecule has 0 radical (unpaired) electrons. The monoisotopic (exact) mass is 622 g/mol. The Balaban J connectivity index is 1.51. The van der Waals surface area contributed by atoms with Gasteiger partial charge in [0.1, 0.15) is 10.2 Å². The molecule has 2 atom stereocenters. The molecule has 3 aromatic carbocycles. The van der Waals surface area contributed by atoms with E-state index in [1.165, 1.54) is 36.4 Å². The smallest absolute Gasteiger partial charge is 0.257 e. The zero-order valence-electron chi connectivity index (χ0n) is 16.8. The summed E-state index contributed by atoms with van der Waals surface area (Å²) in [6.45, 7) is 0. The van der Waals surface area contributed by atoms with Crippen LogP contribution in [0, 0.1) is 11.7 Å². The van der Waals surface area contributed by atoms with Crippen LogP contribution in [0.5, 0.6) is 0 Å². The molecule has 3 aromatic rings. The maximum Gasteiger partial charge on any atom is 0.257 e. The Labute approximate surface area is 227 Å². The van der Waals surface area contributed by atoms with Crippen LogP contribution in [0.4, 0.5) is 15.8 Å². The van der Waals surface area contributed by atoms with Gasteiger partial charge in [-0.05, 0) is 76.1 Å². The van der Waals surface area contributed by atoms with Gasteiger partial charge in [0.15, 0.2) is 0 Å². The summed E-state index contributed by atoms with van der Waals surface area (Å²) < 4.78 is 12.3. The van der Waals surface area contributed by atoms with E-state index in [1.807, 2.05) is 0 Å². The summed E-state index contributed by atoms with van der Waals surface area (Å²) in [4.78, 5) is 25.6. The van der Waals surface area contributed by atoms with E-state index < -0.39 is 33.8 Å². The highest BCUT2D eigenvalue weighted by atomic mass is 79.9. The topological polar surface area (TPSA) is 58.2 Å². The van der Waals surface area contributed by atoms with E-state index in [0.29, 0.717) is 31.5 Å². The molecule has 1 aliphatic rings. The third-order valence-electron chi connectivity index (χ3n) is 5.28. The fraction of sp³-hybridized carbons (Fsp3) is 0.130. The lowest BCUT2D eigenvalue weighted by atomic mass is 10.1. The first kappa shape index (κ1) is 25.5. The van der Waals surface area contributed by atoms with Crippen molar-refractivity contribution in [1.29, 1.82) is 0 Å². The van der Waals surface area contributed by atoms with Gasteiger partial charge in [0.05, 0.1) is 26.5 Å². The Bertz CT molecular complexity index is 1280. The van der Waals surface area contributed by atoms with Crippen LogP contribution in [-0.2, 0) is 4.79 Å². The maximum atomic E-state index is 13.1. The van der Waals surface area contributed by atoms with Crippen LogP contribution in [0.25, 0.3) is 0 Å². The van der Waals surface area contributed by atoms with Crippen LogP contribution in [0.1, 0.15) is 21.8 Å². The van der Waals surface area contributed by atoms with Gasteiger partial charge in [0, 0.05) is 21.8 Å². The van der Waals surface area contributed by atoms with Gasteiger partial charge in [-0.25, -0.2) is 4.39 Å². The fourth-order valence-corrected chi connectivity index (χ4v) is 5.51. The average Bonchev–Trinajstić information content (AvgIpc) is 3.36. The Morgan fingerprint density at radius 1 is 0.882 bits per heavy atom. The molecule has 0 aromatic heterocycles. The summed E-state index contributed by atoms with van der Waals surface area (Å²) in [7, 11) is 0. The van der Waals surface area contributed by atoms with Crippen molar-refractivity contribution in [3.8, 4) is 0 Å². The molecule has 1 fully saturated rings. The standard InChI is InChI=1S/C23H13BrCl5FN2O2/c24-15-7-10(8-17(26)20(15)27)18-19(23(18,28)29)22(34)32-13-5-6-16(25)14(9-13)21(33)31-12-3-1-11(30)2-4-12/h1-9,18-19H,(H,31,33)(H,32,34)/t18-,19+/m0/s1. The van der Waals surface area contributed by atoms with Gasteiger partial charge in [-0.3, -0.25) is 9.59 Å². The van der Waals surface area contributed by atoms with Crippen LogP contribution in [0.2, 0.25) is 15.1 Å². The van der Waals surface area contributed by atoms with Crippen molar-refractivity contribution >= 4 is 97.1 Å². The Morgan fingerprint density at radius 3 is 2.18 bits per heavy atom. The SMILES string of the molecule is O=C(Nc1ccc(F)cc1)c1cc(NC(=O)[C@H]2[C@H](c3cc(Cl)c(Cl)c(Br)c3)C2(Cl)Cl)ccc1Cl. The number of hydrogen-bond acceptors (Lipinski definition) is 2. The molecule has 0 bridgehead atoms. The first-order valence-electron chi connectivity index (χ1n) is 9.68. The van der Waals surface area contributed by atoms with Gasteiger partial charge >= 0.3 is 0 Å². The first-order chi connectivity index (χ1) is 16.0. The van der Waals surface area contributed by atoms with E-state index in [2.05, 4.69) is 26.6 Å². The quantitative estimate of drug-likeness (QED) is 0.221. The molecule has 4 nitrogen and oxygen atoms in total. The minimum Gasteiger partial charge on any atom is -0.326 e. The minimum atomic E-state index is -1.35. The predicted molar refractivity (Wildman–Crippen MR) is 139 cm³/mol. The average molecular weight is 626 g/mol.